The molecule has 0 spiro atoms. The molecule has 1 fully saturated rings. The fourth-order valence-electron chi connectivity index (χ4n) is 3.78. The molecule has 2 nitrogen and oxygen atoms in total. The Balaban J connectivity index is 1.98. The summed E-state index contributed by atoms with van der Waals surface area (Å²) in [5.74, 6) is 1.67. The second-order valence-electron chi connectivity index (χ2n) is 9.23. The van der Waals surface area contributed by atoms with Crippen LogP contribution in [0.2, 0.25) is 0 Å². The van der Waals surface area contributed by atoms with Crippen molar-refractivity contribution in [3.8, 4) is 0 Å². The summed E-state index contributed by atoms with van der Waals surface area (Å²) in [5, 5.41) is 0. The van der Waals surface area contributed by atoms with E-state index in [0.717, 1.165) is 11.8 Å². The Morgan fingerprint density at radius 1 is 0.640 bits per heavy atom. The molecular weight excluding hydrogens is 304 g/mol. The minimum Gasteiger partial charge on any atom is -0.303 e. The van der Waals surface area contributed by atoms with E-state index in [1.54, 1.807) is 0 Å². The molecule has 1 aliphatic heterocycles. The molecule has 0 amide bonds. The van der Waals surface area contributed by atoms with Gasteiger partial charge in [-0.2, -0.15) is 0 Å². The molecule has 0 N–H and O–H groups in total. The van der Waals surface area contributed by atoms with Crippen molar-refractivity contribution in [2.75, 3.05) is 39.3 Å². The zero-order valence-corrected chi connectivity index (χ0v) is 18.1. The van der Waals surface area contributed by atoms with Gasteiger partial charge in [-0.3, -0.25) is 0 Å². The van der Waals surface area contributed by atoms with Crippen molar-refractivity contribution in [1.29, 1.82) is 0 Å². The number of nitrogens with zero attached hydrogens (tertiary/aromatic N) is 2. The van der Waals surface area contributed by atoms with Gasteiger partial charge in [-0.1, -0.05) is 59.8 Å². The van der Waals surface area contributed by atoms with Crippen molar-refractivity contribution < 1.29 is 0 Å². The van der Waals surface area contributed by atoms with Crippen LogP contribution in [0.4, 0.5) is 0 Å². The van der Waals surface area contributed by atoms with Gasteiger partial charge in [-0.25, -0.2) is 0 Å². The third-order valence-corrected chi connectivity index (χ3v) is 5.69. The Bertz CT molecular complexity index is 270. The highest BCUT2D eigenvalue weighted by atomic mass is 15.1. The van der Waals surface area contributed by atoms with Crippen molar-refractivity contribution in [1.82, 2.24) is 9.80 Å². The standard InChI is InChI=1S/C23H48N2/c1-22(2)14-20-25(21-15-23(3)4)19-11-8-6-5-7-10-16-24-17-12-9-13-18-24/h22-23H,5-21H2,1-4H3. The summed E-state index contributed by atoms with van der Waals surface area (Å²) in [7, 11) is 0. The van der Waals surface area contributed by atoms with Gasteiger partial charge in [-0.15, -0.1) is 0 Å². The lowest BCUT2D eigenvalue weighted by molar-refractivity contribution is 0.223. The first-order valence-electron chi connectivity index (χ1n) is 11.5. The summed E-state index contributed by atoms with van der Waals surface area (Å²) in [4.78, 5) is 5.42. The third-order valence-electron chi connectivity index (χ3n) is 5.69. The lowest BCUT2D eigenvalue weighted by atomic mass is 10.1. The van der Waals surface area contributed by atoms with Gasteiger partial charge < -0.3 is 9.80 Å². The molecule has 1 saturated heterocycles. The highest BCUT2D eigenvalue weighted by Crippen LogP contribution is 2.12. The highest BCUT2D eigenvalue weighted by Gasteiger charge is 2.09. The first-order chi connectivity index (χ1) is 12.1. The average Bonchev–Trinajstić information content (AvgIpc) is 2.59. The van der Waals surface area contributed by atoms with Gasteiger partial charge in [0.05, 0.1) is 0 Å². The van der Waals surface area contributed by atoms with E-state index < -0.39 is 0 Å². The molecule has 0 aliphatic carbocycles. The zero-order chi connectivity index (χ0) is 18.3. The first-order valence-corrected chi connectivity index (χ1v) is 11.5. The molecule has 0 saturated carbocycles. The Morgan fingerprint density at radius 3 is 1.72 bits per heavy atom. The van der Waals surface area contributed by atoms with Gasteiger partial charge in [0.15, 0.2) is 0 Å². The maximum Gasteiger partial charge on any atom is -0.00163 e. The molecule has 0 aromatic carbocycles. The Kier molecular flexibility index (Phi) is 13.8. The van der Waals surface area contributed by atoms with E-state index in [0.29, 0.717) is 0 Å². The number of rotatable bonds is 15. The van der Waals surface area contributed by atoms with Gasteiger partial charge in [0.1, 0.15) is 0 Å². The van der Waals surface area contributed by atoms with Crippen LogP contribution in [0.25, 0.3) is 0 Å². The molecule has 1 heterocycles. The summed E-state index contributed by atoms with van der Waals surface area (Å²) in [6.45, 7) is 17.4. The van der Waals surface area contributed by atoms with Crippen LogP contribution in [-0.2, 0) is 0 Å². The SMILES string of the molecule is CC(C)CCN(CCCCCCCCN1CCCCC1)CCC(C)C. The number of likely N-dealkylation sites (tertiary alicyclic amines) is 1. The summed E-state index contributed by atoms with van der Waals surface area (Å²) in [6.07, 6.45) is 15.6. The Morgan fingerprint density at radius 2 is 1.16 bits per heavy atom. The molecule has 0 atom stereocenters. The molecule has 25 heavy (non-hydrogen) atoms. The molecule has 0 unspecified atom stereocenters. The fourth-order valence-corrected chi connectivity index (χ4v) is 3.78. The minimum absolute atomic E-state index is 0.835. The molecule has 150 valence electrons. The van der Waals surface area contributed by atoms with Crippen molar-refractivity contribution in [3.05, 3.63) is 0 Å². The van der Waals surface area contributed by atoms with E-state index in [-0.39, 0.29) is 0 Å². The quantitative estimate of drug-likeness (QED) is 0.323. The lowest BCUT2D eigenvalue weighted by Gasteiger charge is -2.26. The molecule has 0 radical (unpaired) electrons. The van der Waals surface area contributed by atoms with Crippen LogP contribution in [-0.4, -0.2) is 49.1 Å². The third kappa shape index (κ3) is 13.7. The predicted octanol–water partition coefficient (Wildman–Crippen LogP) is 6.21. The first kappa shape index (κ1) is 23.0. The van der Waals surface area contributed by atoms with Crippen molar-refractivity contribution in [2.45, 2.75) is 98.3 Å². The second-order valence-corrected chi connectivity index (χ2v) is 9.23. The molecule has 1 rings (SSSR count). The van der Waals surface area contributed by atoms with E-state index in [1.807, 2.05) is 0 Å². The maximum absolute atomic E-state index is 2.73. The smallest absolute Gasteiger partial charge is 0.00163 e. The predicted molar refractivity (Wildman–Crippen MR) is 113 cm³/mol. The van der Waals surface area contributed by atoms with Gasteiger partial charge in [0, 0.05) is 0 Å². The summed E-state index contributed by atoms with van der Waals surface area (Å²) >= 11 is 0. The molecule has 0 aromatic rings. The summed E-state index contributed by atoms with van der Waals surface area (Å²) in [5.41, 5.74) is 0. The largest absolute Gasteiger partial charge is 0.303 e. The number of hydrogen-bond donors (Lipinski definition) is 0. The van der Waals surface area contributed by atoms with E-state index in [4.69, 9.17) is 0 Å². The molecule has 2 heteroatoms. The lowest BCUT2D eigenvalue weighted by Crippen LogP contribution is -2.30. The Hall–Kier alpha value is -0.0800. The number of unbranched alkanes of at least 4 members (excludes halogenated alkanes) is 5. The van der Waals surface area contributed by atoms with E-state index >= 15 is 0 Å². The van der Waals surface area contributed by atoms with Crippen LogP contribution in [0.15, 0.2) is 0 Å². The van der Waals surface area contributed by atoms with Gasteiger partial charge >= 0.3 is 0 Å². The molecule has 0 bridgehead atoms. The molecule has 1 aliphatic rings. The maximum atomic E-state index is 2.73. The van der Waals surface area contributed by atoms with Gasteiger partial charge in [-0.05, 0) is 89.6 Å². The van der Waals surface area contributed by atoms with Crippen LogP contribution in [0.1, 0.15) is 98.3 Å². The van der Waals surface area contributed by atoms with E-state index in [9.17, 15) is 0 Å². The zero-order valence-electron chi connectivity index (χ0n) is 18.1. The highest BCUT2D eigenvalue weighted by molar-refractivity contribution is 4.65. The van der Waals surface area contributed by atoms with Gasteiger partial charge in [0.2, 0.25) is 0 Å². The number of piperidine rings is 1. The number of hydrogen-bond acceptors (Lipinski definition) is 2. The van der Waals surface area contributed by atoms with Crippen molar-refractivity contribution in [3.63, 3.8) is 0 Å². The summed E-state index contributed by atoms with van der Waals surface area (Å²) in [6, 6.07) is 0. The Labute approximate surface area is 159 Å². The molecule has 0 aromatic heterocycles. The van der Waals surface area contributed by atoms with Crippen LogP contribution in [0.3, 0.4) is 0 Å². The van der Waals surface area contributed by atoms with E-state index in [2.05, 4.69) is 37.5 Å². The van der Waals surface area contributed by atoms with Gasteiger partial charge in [0.25, 0.3) is 0 Å². The summed E-state index contributed by atoms with van der Waals surface area (Å²) < 4.78 is 0. The fraction of sp³-hybridized carbons (Fsp3) is 1.00. The monoisotopic (exact) mass is 352 g/mol. The van der Waals surface area contributed by atoms with Crippen LogP contribution < -0.4 is 0 Å². The second kappa shape index (κ2) is 15.0. The topological polar surface area (TPSA) is 6.48 Å². The minimum atomic E-state index is 0.835. The van der Waals surface area contributed by atoms with Crippen molar-refractivity contribution >= 4 is 0 Å². The van der Waals surface area contributed by atoms with Crippen LogP contribution >= 0.6 is 0 Å². The van der Waals surface area contributed by atoms with E-state index in [1.165, 1.54) is 110 Å². The van der Waals surface area contributed by atoms with Crippen LogP contribution in [0.5, 0.6) is 0 Å². The average molecular weight is 353 g/mol. The molecular formula is C23H48N2. The van der Waals surface area contributed by atoms with Crippen molar-refractivity contribution in [2.24, 2.45) is 11.8 Å². The van der Waals surface area contributed by atoms with Crippen LogP contribution in [0, 0.1) is 11.8 Å². The normalized spacial score (nSPS) is 16.4.